The summed E-state index contributed by atoms with van der Waals surface area (Å²) in [6.07, 6.45) is 0.140. The molecule has 0 aliphatic heterocycles. The van der Waals surface area contributed by atoms with Gasteiger partial charge in [0.2, 0.25) is 5.91 Å². The molecular weight excluding hydrogens is 478 g/mol. The number of amides is 1. The Balaban J connectivity index is 1.38. The standard InChI is InChI=1S/C23H21N3O4S3/c1-15-5-10-20(30-2)18(12-15)19-14-32-23(24-19)25-21(27)13-16-6-8-17(9-7-16)26-33(28,29)22-4-3-11-31-22/h3-12,14,26H,13H2,1-2H3,(H,24,25,27). The van der Waals surface area contributed by atoms with Gasteiger partial charge in [-0.15, -0.1) is 22.7 Å². The molecule has 4 aromatic rings. The first-order valence-electron chi connectivity index (χ1n) is 9.90. The molecule has 0 bridgehead atoms. The van der Waals surface area contributed by atoms with Crippen molar-refractivity contribution in [2.75, 3.05) is 17.1 Å². The van der Waals surface area contributed by atoms with Crippen molar-refractivity contribution in [1.29, 1.82) is 0 Å². The average molecular weight is 500 g/mol. The van der Waals surface area contributed by atoms with E-state index in [0.29, 0.717) is 10.8 Å². The molecule has 0 fully saturated rings. The van der Waals surface area contributed by atoms with Crippen molar-refractivity contribution < 1.29 is 17.9 Å². The van der Waals surface area contributed by atoms with Crippen LogP contribution in [0, 0.1) is 6.92 Å². The number of aromatic nitrogens is 1. The summed E-state index contributed by atoms with van der Waals surface area (Å²) < 4.78 is 32.8. The molecule has 0 aliphatic rings. The Kier molecular flexibility index (Phi) is 6.77. The summed E-state index contributed by atoms with van der Waals surface area (Å²) >= 11 is 2.49. The molecule has 0 unspecified atom stereocenters. The zero-order valence-electron chi connectivity index (χ0n) is 17.9. The van der Waals surface area contributed by atoms with Crippen molar-refractivity contribution in [3.05, 3.63) is 76.5 Å². The van der Waals surface area contributed by atoms with Gasteiger partial charge >= 0.3 is 0 Å². The molecule has 170 valence electrons. The van der Waals surface area contributed by atoms with Crippen LogP contribution in [0.25, 0.3) is 11.3 Å². The fourth-order valence-corrected chi connectivity index (χ4v) is 5.92. The van der Waals surface area contributed by atoms with Crippen molar-refractivity contribution in [1.82, 2.24) is 4.98 Å². The van der Waals surface area contributed by atoms with Crippen molar-refractivity contribution in [2.45, 2.75) is 17.6 Å². The van der Waals surface area contributed by atoms with Crippen LogP contribution in [0.1, 0.15) is 11.1 Å². The molecule has 0 radical (unpaired) electrons. The van der Waals surface area contributed by atoms with Gasteiger partial charge in [-0.3, -0.25) is 9.52 Å². The molecule has 7 nitrogen and oxygen atoms in total. The fourth-order valence-electron chi connectivity index (χ4n) is 3.14. The van der Waals surface area contributed by atoms with Crippen molar-refractivity contribution >= 4 is 49.4 Å². The first-order valence-corrected chi connectivity index (χ1v) is 13.1. The van der Waals surface area contributed by atoms with E-state index in [-0.39, 0.29) is 16.5 Å². The van der Waals surface area contributed by atoms with E-state index in [1.54, 1.807) is 48.9 Å². The quantitative estimate of drug-likeness (QED) is 0.349. The number of benzene rings is 2. The summed E-state index contributed by atoms with van der Waals surface area (Å²) in [7, 11) is -1.99. The van der Waals surface area contributed by atoms with E-state index < -0.39 is 10.0 Å². The highest BCUT2D eigenvalue weighted by molar-refractivity contribution is 7.94. The number of sulfonamides is 1. The van der Waals surface area contributed by atoms with E-state index in [1.165, 1.54) is 11.3 Å². The number of nitrogens with zero attached hydrogens (tertiary/aromatic N) is 1. The van der Waals surface area contributed by atoms with Gasteiger partial charge in [0, 0.05) is 16.6 Å². The number of carbonyl (C=O) groups excluding carboxylic acids is 1. The van der Waals surface area contributed by atoms with Crippen LogP contribution in [0.5, 0.6) is 5.75 Å². The highest BCUT2D eigenvalue weighted by atomic mass is 32.2. The molecule has 33 heavy (non-hydrogen) atoms. The van der Waals surface area contributed by atoms with E-state index in [2.05, 4.69) is 15.0 Å². The third-order valence-corrected chi connectivity index (χ3v) is 8.25. The minimum absolute atomic E-state index is 0.140. The molecule has 2 aromatic heterocycles. The number of rotatable bonds is 8. The molecule has 0 spiro atoms. The summed E-state index contributed by atoms with van der Waals surface area (Å²) in [6.45, 7) is 2.00. The maximum absolute atomic E-state index is 12.5. The zero-order chi connectivity index (χ0) is 23.4. The maximum atomic E-state index is 12.5. The van der Waals surface area contributed by atoms with Crippen LogP contribution < -0.4 is 14.8 Å². The lowest BCUT2D eigenvalue weighted by Gasteiger charge is -2.08. The van der Waals surface area contributed by atoms with E-state index in [1.807, 2.05) is 30.5 Å². The lowest BCUT2D eigenvalue weighted by molar-refractivity contribution is -0.115. The summed E-state index contributed by atoms with van der Waals surface area (Å²) in [5.74, 6) is 0.512. The molecule has 2 N–H and O–H groups in total. The second-order valence-corrected chi connectivity index (χ2v) is 10.9. The number of methoxy groups -OCH3 is 1. The van der Waals surface area contributed by atoms with Crippen molar-refractivity contribution in [3.63, 3.8) is 0 Å². The molecule has 10 heteroatoms. The number of aryl methyl sites for hydroxylation is 1. The van der Waals surface area contributed by atoms with Gasteiger partial charge in [0.15, 0.2) is 5.13 Å². The maximum Gasteiger partial charge on any atom is 0.271 e. The topological polar surface area (TPSA) is 97.4 Å². The first-order chi connectivity index (χ1) is 15.8. The third-order valence-electron chi connectivity index (χ3n) is 4.71. The number of thiazole rings is 1. The molecular formula is C23H21N3O4S3. The number of carbonyl (C=O) groups is 1. The van der Waals surface area contributed by atoms with Crippen LogP contribution in [0.3, 0.4) is 0 Å². The van der Waals surface area contributed by atoms with E-state index >= 15 is 0 Å². The molecule has 4 rings (SSSR count). The molecule has 2 heterocycles. The second-order valence-electron chi connectivity index (χ2n) is 7.20. The lowest BCUT2D eigenvalue weighted by Crippen LogP contribution is -2.14. The third kappa shape index (κ3) is 5.59. The summed E-state index contributed by atoms with van der Waals surface area (Å²) in [5.41, 5.74) is 3.88. The number of nitrogens with one attached hydrogen (secondary N) is 2. The molecule has 1 amide bonds. The summed E-state index contributed by atoms with van der Waals surface area (Å²) in [4.78, 5) is 17.0. The minimum Gasteiger partial charge on any atom is -0.496 e. The van der Waals surface area contributed by atoms with E-state index in [0.717, 1.165) is 39.5 Å². The summed E-state index contributed by atoms with van der Waals surface area (Å²) in [5, 5.41) is 6.90. The highest BCUT2D eigenvalue weighted by Crippen LogP contribution is 2.33. The Morgan fingerprint density at radius 1 is 1.09 bits per heavy atom. The normalized spacial score (nSPS) is 11.2. The summed E-state index contributed by atoms with van der Waals surface area (Å²) in [6, 6.07) is 15.8. The Labute approximate surface area is 200 Å². The van der Waals surface area contributed by atoms with Crippen LogP contribution in [0.2, 0.25) is 0 Å². The van der Waals surface area contributed by atoms with Gasteiger partial charge in [-0.1, -0.05) is 29.8 Å². The molecule has 0 saturated carbocycles. The van der Waals surface area contributed by atoms with Crippen LogP contribution in [0.4, 0.5) is 10.8 Å². The lowest BCUT2D eigenvalue weighted by atomic mass is 10.1. The first kappa shape index (κ1) is 23.0. The van der Waals surface area contributed by atoms with Gasteiger partial charge in [0.25, 0.3) is 10.0 Å². The minimum atomic E-state index is -3.60. The molecule has 0 atom stereocenters. The van der Waals surface area contributed by atoms with Crippen molar-refractivity contribution in [3.8, 4) is 17.0 Å². The van der Waals surface area contributed by atoms with Crippen LogP contribution >= 0.6 is 22.7 Å². The van der Waals surface area contributed by atoms with Gasteiger partial charge in [0.1, 0.15) is 9.96 Å². The number of thiophene rings is 1. The Hall–Kier alpha value is -3.21. The Morgan fingerprint density at radius 2 is 1.88 bits per heavy atom. The van der Waals surface area contributed by atoms with E-state index in [4.69, 9.17) is 4.74 Å². The predicted molar refractivity (Wildman–Crippen MR) is 133 cm³/mol. The van der Waals surface area contributed by atoms with Crippen LogP contribution in [-0.4, -0.2) is 26.4 Å². The largest absolute Gasteiger partial charge is 0.496 e. The molecule has 0 saturated heterocycles. The molecule has 2 aromatic carbocycles. The number of hydrogen-bond donors (Lipinski definition) is 2. The Morgan fingerprint density at radius 3 is 2.58 bits per heavy atom. The number of hydrogen-bond acceptors (Lipinski definition) is 7. The number of ether oxygens (including phenoxy) is 1. The van der Waals surface area contributed by atoms with Crippen LogP contribution in [0.15, 0.2) is 69.6 Å². The van der Waals surface area contributed by atoms with Crippen molar-refractivity contribution in [2.24, 2.45) is 0 Å². The van der Waals surface area contributed by atoms with E-state index in [9.17, 15) is 13.2 Å². The van der Waals surface area contributed by atoms with Gasteiger partial charge in [-0.05, 0) is 48.2 Å². The smallest absolute Gasteiger partial charge is 0.271 e. The highest BCUT2D eigenvalue weighted by Gasteiger charge is 2.16. The van der Waals surface area contributed by atoms with Gasteiger partial charge in [-0.25, -0.2) is 13.4 Å². The van der Waals surface area contributed by atoms with Crippen LogP contribution in [-0.2, 0) is 21.2 Å². The zero-order valence-corrected chi connectivity index (χ0v) is 20.3. The second kappa shape index (κ2) is 9.74. The van der Waals surface area contributed by atoms with Gasteiger partial charge in [0.05, 0.1) is 19.2 Å². The molecule has 0 aliphatic carbocycles. The Bertz CT molecular complexity index is 1360. The van der Waals surface area contributed by atoms with Gasteiger partial charge < -0.3 is 10.1 Å². The predicted octanol–water partition coefficient (Wildman–Crippen LogP) is 5.17. The number of anilines is 2. The average Bonchev–Trinajstić information content (AvgIpc) is 3.48. The fraction of sp³-hybridized carbons (Fsp3) is 0.130. The van der Waals surface area contributed by atoms with Gasteiger partial charge in [-0.2, -0.15) is 0 Å². The monoisotopic (exact) mass is 499 g/mol. The SMILES string of the molecule is COc1ccc(C)cc1-c1csc(NC(=O)Cc2ccc(NS(=O)(=O)c3cccs3)cc2)n1.